The summed E-state index contributed by atoms with van der Waals surface area (Å²) in [4.78, 5) is 18.6. The number of anilines is 1. The van der Waals surface area contributed by atoms with E-state index in [1.165, 1.54) is 11.3 Å². The molecule has 0 amide bonds. The van der Waals surface area contributed by atoms with Crippen molar-refractivity contribution in [3.05, 3.63) is 45.4 Å². The van der Waals surface area contributed by atoms with Crippen molar-refractivity contribution in [2.24, 2.45) is 0 Å². The van der Waals surface area contributed by atoms with Crippen molar-refractivity contribution in [1.29, 1.82) is 0 Å². The van der Waals surface area contributed by atoms with Crippen LogP contribution in [0.2, 0.25) is 5.02 Å². The molecule has 100 valence electrons. The van der Waals surface area contributed by atoms with Crippen molar-refractivity contribution in [2.75, 3.05) is 11.9 Å². The molecular formula is C14H15ClN2OS. The van der Waals surface area contributed by atoms with Crippen molar-refractivity contribution >= 4 is 33.9 Å². The second-order valence-electron chi connectivity index (χ2n) is 4.45. The summed E-state index contributed by atoms with van der Waals surface area (Å²) in [6.07, 6.45) is 0. The number of benzene rings is 1. The van der Waals surface area contributed by atoms with E-state index < -0.39 is 0 Å². The van der Waals surface area contributed by atoms with Gasteiger partial charge in [-0.3, -0.25) is 4.79 Å². The van der Waals surface area contributed by atoms with E-state index in [1.54, 1.807) is 6.92 Å². The molecule has 0 saturated heterocycles. The molecule has 0 saturated carbocycles. The van der Waals surface area contributed by atoms with Crippen LogP contribution in [0.5, 0.6) is 0 Å². The number of nitrogens with zero attached hydrogens (tertiary/aromatic N) is 2. The number of rotatable bonds is 4. The number of aromatic nitrogens is 1. The Morgan fingerprint density at radius 1 is 1.37 bits per heavy atom. The predicted molar refractivity (Wildman–Crippen MR) is 80.4 cm³/mol. The Kier molecular flexibility index (Phi) is 4.22. The lowest BCUT2D eigenvalue weighted by Crippen LogP contribution is -2.15. The predicted octanol–water partition coefficient (Wildman–Crippen LogP) is 3.94. The zero-order valence-corrected chi connectivity index (χ0v) is 12.7. The summed E-state index contributed by atoms with van der Waals surface area (Å²) in [5, 5.41) is 1.59. The fraction of sp³-hybridized carbons (Fsp3) is 0.286. The molecule has 0 unspecified atom stereocenters. The first-order chi connectivity index (χ1) is 8.97. The fourth-order valence-corrected chi connectivity index (χ4v) is 2.85. The first kappa shape index (κ1) is 14.0. The zero-order chi connectivity index (χ0) is 14.0. The third-order valence-corrected chi connectivity index (χ3v) is 4.39. The maximum absolute atomic E-state index is 11.4. The van der Waals surface area contributed by atoms with Gasteiger partial charge in [-0.05, 0) is 24.6 Å². The van der Waals surface area contributed by atoms with Crippen molar-refractivity contribution in [1.82, 2.24) is 4.98 Å². The van der Waals surface area contributed by atoms with E-state index in [4.69, 9.17) is 11.6 Å². The number of aryl methyl sites for hydroxylation is 1. The van der Waals surface area contributed by atoms with Gasteiger partial charge in [-0.1, -0.05) is 35.1 Å². The molecule has 0 fully saturated rings. The highest BCUT2D eigenvalue weighted by atomic mass is 35.5. The smallest absolute Gasteiger partial charge is 0.186 e. The van der Waals surface area contributed by atoms with Crippen LogP contribution in [0.15, 0.2) is 24.3 Å². The Labute approximate surface area is 121 Å². The number of carbonyl (C=O) groups excluding carboxylic acids is 1. The molecule has 0 N–H and O–H groups in total. The molecule has 2 aromatic rings. The van der Waals surface area contributed by atoms with Gasteiger partial charge in [0, 0.05) is 25.5 Å². The molecule has 2 rings (SSSR count). The molecule has 0 atom stereocenters. The van der Waals surface area contributed by atoms with Crippen LogP contribution in [0.1, 0.15) is 27.9 Å². The third kappa shape index (κ3) is 3.33. The van der Waals surface area contributed by atoms with Gasteiger partial charge >= 0.3 is 0 Å². The lowest BCUT2D eigenvalue weighted by atomic mass is 10.2. The number of hydrogen-bond acceptors (Lipinski definition) is 4. The maximum Gasteiger partial charge on any atom is 0.186 e. The molecule has 3 nitrogen and oxygen atoms in total. The molecule has 0 aliphatic carbocycles. The summed E-state index contributed by atoms with van der Waals surface area (Å²) >= 11 is 7.30. The molecular weight excluding hydrogens is 280 g/mol. The van der Waals surface area contributed by atoms with E-state index in [0.29, 0.717) is 0 Å². The summed E-state index contributed by atoms with van der Waals surface area (Å²) in [7, 11) is 1.97. The van der Waals surface area contributed by atoms with Crippen LogP contribution < -0.4 is 4.90 Å². The van der Waals surface area contributed by atoms with Crippen LogP contribution in [-0.4, -0.2) is 17.8 Å². The van der Waals surface area contributed by atoms with Crippen molar-refractivity contribution in [3.8, 4) is 0 Å². The van der Waals surface area contributed by atoms with E-state index in [2.05, 4.69) is 4.98 Å². The molecule has 0 radical (unpaired) electrons. The highest BCUT2D eigenvalue weighted by molar-refractivity contribution is 7.17. The minimum absolute atomic E-state index is 0.0705. The van der Waals surface area contributed by atoms with Gasteiger partial charge in [-0.15, -0.1) is 0 Å². The molecule has 0 spiro atoms. The number of Topliss-reactive ketones (excluding diaryl/α,β-unsaturated/α-hetero) is 1. The zero-order valence-electron chi connectivity index (χ0n) is 11.1. The number of carbonyl (C=O) groups is 1. The van der Waals surface area contributed by atoms with Gasteiger partial charge in [-0.2, -0.15) is 0 Å². The van der Waals surface area contributed by atoms with Crippen molar-refractivity contribution in [2.45, 2.75) is 20.4 Å². The largest absolute Gasteiger partial charge is 0.347 e. The van der Waals surface area contributed by atoms with Crippen LogP contribution in [-0.2, 0) is 6.54 Å². The minimum atomic E-state index is 0.0705. The number of thiazole rings is 1. The average molecular weight is 295 g/mol. The van der Waals surface area contributed by atoms with Gasteiger partial charge in [0.1, 0.15) is 0 Å². The fourth-order valence-electron chi connectivity index (χ4n) is 1.80. The Morgan fingerprint density at radius 2 is 2.00 bits per heavy atom. The Morgan fingerprint density at radius 3 is 2.53 bits per heavy atom. The van der Waals surface area contributed by atoms with Gasteiger partial charge in [-0.25, -0.2) is 4.98 Å². The van der Waals surface area contributed by atoms with Crippen LogP contribution in [0, 0.1) is 6.92 Å². The van der Waals surface area contributed by atoms with Crippen molar-refractivity contribution < 1.29 is 4.79 Å². The SMILES string of the molecule is CC(=O)c1sc(N(C)Cc2ccc(Cl)cc2)nc1C. The topological polar surface area (TPSA) is 33.2 Å². The molecule has 0 aliphatic rings. The van der Waals surface area contributed by atoms with Gasteiger partial charge < -0.3 is 4.90 Å². The molecule has 1 heterocycles. The summed E-state index contributed by atoms with van der Waals surface area (Å²) < 4.78 is 0. The Bertz CT molecular complexity index is 592. The minimum Gasteiger partial charge on any atom is -0.347 e. The maximum atomic E-state index is 11.4. The lowest BCUT2D eigenvalue weighted by Gasteiger charge is -2.15. The molecule has 0 bridgehead atoms. The summed E-state index contributed by atoms with van der Waals surface area (Å²) in [5.74, 6) is 0.0705. The Hall–Kier alpha value is -1.39. The van der Waals surface area contributed by atoms with Gasteiger partial charge in [0.2, 0.25) is 0 Å². The molecule has 5 heteroatoms. The number of halogens is 1. The lowest BCUT2D eigenvalue weighted by molar-refractivity contribution is 0.102. The van der Waals surface area contributed by atoms with Gasteiger partial charge in [0.15, 0.2) is 10.9 Å². The molecule has 19 heavy (non-hydrogen) atoms. The van der Waals surface area contributed by atoms with E-state index in [9.17, 15) is 4.79 Å². The number of ketones is 1. The average Bonchev–Trinajstić information content (AvgIpc) is 2.74. The monoisotopic (exact) mass is 294 g/mol. The second kappa shape index (κ2) is 5.72. The van der Waals surface area contributed by atoms with E-state index >= 15 is 0 Å². The van der Waals surface area contributed by atoms with E-state index in [-0.39, 0.29) is 5.78 Å². The summed E-state index contributed by atoms with van der Waals surface area (Å²) in [5.41, 5.74) is 1.96. The van der Waals surface area contributed by atoms with Crippen LogP contribution >= 0.6 is 22.9 Å². The summed E-state index contributed by atoms with van der Waals surface area (Å²) in [6, 6.07) is 7.73. The Balaban J connectivity index is 2.15. The van der Waals surface area contributed by atoms with Crippen LogP contribution in [0.3, 0.4) is 0 Å². The second-order valence-corrected chi connectivity index (χ2v) is 5.86. The third-order valence-electron chi connectivity index (χ3n) is 2.76. The quantitative estimate of drug-likeness (QED) is 0.801. The number of hydrogen-bond donors (Lipinski definition) is 0. The van der Waals surface area contributed by atoms with Crippen molar-refractivity contribution in [3.63, 3.8) is 0 Å². The van der Waals surface area contributed by atoms with E-state index in [0.717, 1.165) is 32.8 Å². The normalized spacial score (nSPS) is 10.5. The van der Waals surface area contributed by atoms with Gasteiger partial charge in [0.05, 0.1) is 10.6 Å². The first-order valence-corrected chi connectivity index (χ1v) is 7.10. The molecule has 1 aromatic heterocycles. The van der Waals surface area contributed by atoms with Crippen LogP contribution in [0.25, 0.3) is 0 Å². The molecule has 0 aliphatic heterocycles. The van der Waals surface area contributed by atoms with Crippen LogP contribution in [0.4, 0.5) is 5.13 Å². The highest BCUT2D eigenvalue weighted by Gasteiger charge is 2.14. The summed E-state index contributed by atoms with van der Waals surface area (Å²) in [6.45, 7) is 4.18. The van der Waals surface area contributed by atoms with Gasteiger partial charge in [0.25, 0.3) is 0 Å². The standard InChI is InChI=1S/C14H15ClN2OS/c1-9-13(10(2)18)19-14(16-9)17(3)8-11-4-6-12(15)7-5-11/h4-7H,8H2,1-3H3. The first-order valence-electron chi connectivity index (χ1n) is 5.91. The highest BCUT2D eigenvalue weighted by Crippen LogP contribution is 2.26. The van der Waals surface area contributed by atoms with E-state index in [1.807, 2.05) is 43.1 Å². The molecule has 1 aromatic carbocycles.